The first kappa shape index (κ1) is 19.1. The molecule has 1 heterocycles. The summed E-state index contributed by atoms with van der Waals surface area (Å²) in [7, 11) is 3.60. The molecule has 1 fully saturated rings. The first-order valence-electron chi connectivity index (χ1n) is 7.41. The van der Waals surface area contributed by atoms with Crippen LogP contribution in [0.2, 0.25) is 0 Å². The van der Waals surface area contributed by atoms with E-state index in [-0.39, 0.29) is 23.6 Å². The van der Waals surface area contributed by atoms with Crippen LogP contribution in [0.4, 0.5) is 0 Å². The van der Waals surface area contributed by atoms with Gasteiger partial charge in [-0.1, -0.05) is 0 Å². The molecule has 0 saturated carbocycles. The zero-order chi connectivity index (χ0) is 15.2. The first-order chi connectivity index (χ1) is 10.2. The number of rotatable bonds is 6. The number of hydrogen-bond donors (Lipinski definition) is 1. The quantitative estimate of drug-likeness (QED) is 0.806. The number of carbonyl (C=O) groups is 1. The number of likely N-dealkylation sites (N-methyl/N-ethyl adjacent to an activating group) is 1. The van der Waals surface area contributed by atoms with E-state index >= 15 is 0 Å². The average molecular weight is 345 g/mol. The van der Waals surface area contributed by atoms with Crippen LogP contribution in [-0.2, 0) is 4.79 Å². The van der Waals surface area contributed by atoms with Gasteiger partial charge in [0.15, 0.2) is 0 Å². The molecular formula is C16H25ClN2O2S. The SMILES string of the molecule is CNCC1CCCN1C(=O)C(C)Sc1ccc(OC)cc1.Cl. The van der Waals surface area contributed by atoms with Crippen molar-refractivity contribution in [3.63, 3.8) is 0 Å². The van der Waals surface area contributed by atoms with Gasteiger partial charge in [0.05, 0.1) is 12.4 Å². The van der Waals surface area contributed by atoms with Crippen LogP contribution in [0, 0.1) is 0 Å². The lowest BCUT2D eigenvalue weighted by molar-refractivity contribution is -0.131. The second-order valence-electron chi connectivity index (χ2n) is 5.32. The van der Waals surface area contributed by atoms with E-state index in [4.69, 9.17) is 4.74 Å². The van der Waals surface area contributed by atoms with Crippen molar-refractivity contribution in [1.82, 2.24) is 10.2 Å². The summed E-state index contributed by atoms with van der Waals surface area (Å²) in [5.41, 5.74) is 0. The predicted octanol–water partition coefficient (Wildman–Crippen LogP) is 2.81. The van der Waals surface area contributed by atoms with E-state index in [0.717, 1.165) is 36.6 Å². The molecule has 1 saturated heterocycles. The summed E-state index contributed by atoms with van der Waals surface area (Å²) in [6.45, 7) is 3.76. The largest absolute Gasteiger partial charge is 0.497 e. The van der Waals surface area contributed by atoms with Crippen molar-refractivity contribution in [2.24, 2.45) is 0 Å². The lowest BCUT2D eigenvalue weighted by Gasteiger charge is -2.27. The number of halogens is 1. The molecule has 0 aromatic heterocycles. The molecule has 0 aliphatic carbocycles. The van der Waals surface area contributed by atoms with Crippen molar-refractivity contribution in [1.29, 1.82) is 0 Å². The molecule has 1 aliphatic rings. The Balaban J connectivity index is 0.00000242. The number of thioether (sulfide) groups is 1. The van der Waals surface area contributed by atoms with Crippen molar-refractivity contribution in [3.05, 3.63) is 24.3 Å². The Morgan fingerprint density at radius 3 is 2.73 bits per heavy atom. The molecule has 6 heteroatoms. The smallest absolute Gasteiger partial charge is 0.236 e. The van der Waals surface area contributed by atoms with E-state index in [1.807, 2.05) is 43.1 Å². The van der Waals surface area contributed by atoms with Gasteiger partial charge in [-0.05, 0) is 51.1 Å². The Hall–Kier alpha value is -0.910. The molecule has 22 heavy (non-hydrogen) atoms. The zero-order valence-corrected chi connectivity index (χ0v) is 15.0. The van der Waals surface area contributed by atoms with Gasteiger partial charge >= 0.3 is 0 Å². The third-order valence-electron chi connectivity index (χ3n) is 3.82. The van der Waals surface area contributed by atoms with Crippen molar-refractivity contribution in [2.75, 3.05) is 27.2 Å². The van der Waals surface area contributed by atoms with Gasteiger partial charge in [-0.15, -0.1) is 24.2 Å². The fourth-order valence-electron chi connectivity index (χ4n) is 2.72. The Bertz CT molecular complexity index is 470. The predicted molar refractivity (Wildman–Crippen MR) is 94.2 cm³/mol. The lowest BCUT2D eigenvalue weighted by atomic mass is 10.2. The van der Waals surface area contributed by atoms with Crippen molar-refractivity contribution in [2.45, 2.75) is 36.0 Å². The highest BCUT2D eigenvalue weighted by molar-refractivity contribution is 8.00. The number of carbonyl (C=O) groups excluding carboxylic acids is 1. The second-order valence-corrected chi connectivity index (χ2v) is 6.74. The average Bonchev–Trinajstić information content (AvgIpc) is 2.96. The summed E-state index contributed by atoms with van der Waals surface area (Å²) in [6, 6.07) is 8.21. The van der Waals surface area contributed by atoms with E-state index in [1.54, 1.807) is 18.9 Å². The third kappa shape index (κ3) is 4.80. The zero-order valence-electron chi connectivity index (χ0n) is 13.4. The van der Waals surface area contributed by atoms with Gasteiger partial charge in [-0.25, -0.2) is 0 Å². The maximum Gasteiger partial charge on any atom is 0.236 e. The number of methoxy groups -OCH3 is 1. The van der Waals surface area contributed by atoms with Crippen molar-refractivity contribution < 1.29 is 9.53 Å². The van der Waals surface area contributed by atoms with Crippen LogP contribution in [0.5, 0.6) is 5.75 Å². The standard InChI is InChI=1S/C16H24N2O2S.ClH/c1-12(21-15-8-6-14(20-3)7-9-15)16(19)18-10-4-5-13(18)11-17-2;/h6-9,12-13,17H,4-5,10-11H2,1-3H3;1H. The molecule has 2 unspecified atom stereocenters. The minimum atomic E-state index is -0.0594. The van der Waals surface area contributed by atoms with E-state index < -0.39 is 0 Å². The lowest BCUT2D eigenvalue weighted by Crippen LogP contribution is -2.44. The number of hydrogen-bond acceptors (Lipinski definition) is 4. The Labute approximate surface area is 143 Å². The monoisotopic (exact) mass is 344 g/mol. The summed E-state index contributed by atoms with van der Waals surface area (Å²) in [5.74, 6) is 1.08. The fourth-order valence-corrected chi connectivity index (χ4v) is 3.65. The van der Waals surface area contributed by atoms with Gasteiger partial charge in [-0.3, -0.25) is 4.79 Å². The maximum atomic E-state index is 12.6. The number of nitrogens with one attached hydrogen (secondary N) is 1. The molecule has 1 aliphatic heterocycles. The third-order valence-corrected chi connectivity index (χ3v) is 4.92. The van der Waals surface area contributed by atoms with Gasteiger partial charge in [0.25, 0.3) is 0 Å². The molecule has 2 rings (SSSR count). The normalized spacial score (nSPS) is 18.7. The molecule has 1 amide bonds. The summed E-state index contributed by atoms with van der Waals surface area (Å²) >= 11 is 1.61. The van der Waals surface area contributed by atoms with E-state index in [9.17, 15) is 4.79 Å². The highest BCUT2D eigenvalue weighted by atomic mass is 35.5. The fraction of sp³-hybridized carbons (Fsp3) is 0.562. The summed E-state index contributed by atoms with van der Waals surface area (Å²) in [6.07, 6.45) is 2.21. The van der Waals surface area contributed by atoms with Crippen LogP contribution < -0.4 is 10.1 Å². The molecule has 0 radical (unpaired) electrons. The summed E-state index contributed by atoms with van der Waals surface area (Å²) in [5, 5.41) is 3.12. The Kier molecular flexibility index (Phi) is 8.07. The number of amides is 1. The van der Waals surface area contributed by atoms with Crippen LogP contribution in [0.25, 0.3) is 0 Å². The van der Waals surface area contributed by atoms with E-state index in [0.29, 0.717) is 6.04 Å². The van der Waals surface area contributed by atoms with Crippen LogP contribution >= 0.6 is 24.2 Å². The molecule has 1 aromatic rings. The molecule has 1 aromatic carbocycles. The van der Waals surface area contributed by atoms with Crippen LogP contribution in [0.1, 0.15) is 19.8 Å². The number of benzene rings is 1. The number of nitrogens with zero attached hydrogens (tertiary/aromatic N) is 1. The number of likely N-dealkylation sites (tertiary alicyclic amines) is 1. The van der Waals surface area contributed by atoms with Crippen LogP contribution in [0.15, 0.2) is 29.2 Å². The first-order valence-corrected chi connectivity index (χ1v) is 8.29. The molecule has 4 nitrogen and oxygen atoms in total. The topological polar surface area (TPSA) is 41.6 Å². The molecule has 124 valence electrons. The minimum absolute atomic E-state index is 0. The van der Waals surface area contributed by atoms with Crippen LogP contribution in [0.3, 0.4) is 0 Å². The molecule has 1 N–H and O–H groups in total. The van der Waals surface area contributed by atoms with Crippen LogP contribution in [-0.4, -0.2) is 49.3 Å². The highest BCUT2D eigenvalue weighted by Gasteiger charge is 2.31. The van der Waals surface area contributed by atoms with Crippen molar-refractivity contribution >= 4 is 30.1 Å². The van der Waals surface area contributed by atoms with Gasteiger partial charge < -0.3 is 15.0 Å². The molecule has 2 atom stereocenters. The molecular weight excluding hydrogens is 320 g/mol. The minimum Gasteiger partial charge on any atom is -0.497 e. The van der Waals surface area contributed by atoms with E-state index in [1.165, 1.54) is 0 Å². The van der Waals surface area contributed by atoms with Gasteiger partial charge in [0.2, 0.25) is 5.91 Å². The second kappa shape index (κ2) is 9.28. The highest BCUT2D eigenvalue weighted by Crippen LogP contribution is 2.28. The number of ether oxygens (including phenoxy) is 1. The van der Waals surface area contributed by atoms with Gasteiger partial charge in [0.1, 0.15) is 5.75 Å². The van der Waals surface area contributed by atoms with Crippen molar-refractivity contribution in [3.8, 4) is 5.75 Å². The maximum absolute atomic E-state index is 12.6. The molecule has 0 bridgehead atoms. The Morgan fingerprint density at radius 2 is 2.14 bits per heavy atom. The summed E-state index contributed by atoms with van der Waals surface area (Å²) < 4.78 is 5.15. The van der Waals surface area contributed by atoms with E-state index in [2.05, 4.69) is 5.32 Å². The van der Waals surface area contributed by atoms with Gasteiger partial charge in [0, 0.05) is 24.0 Å². The summed E-state index contributed by atoms with van der Waals surface area (Å²) in [4.78, 5) is 15.7. The van der Waals surface area contributed by atoms with Gasteiger partial charge in [-0.2, -0.15) is 0 Å². The molecule has 0 spiro atoms. The Morgan fingerprint density at radius 1 is 1.45 bits per heavy atom.